The molecule has 3 N–H and O–H groups in total. The Hall–Kier alpha value is -4.54. The third-order valence-corrected chi connectivity index (χ3v) is 11.8. The van der Waals surface area contributed by atoms with Crippen molar-refractivity contribution >= 4 is 61.0 Å². The number of phenolic OH excluding ortho intramolecular Hbond substituents is 1. The Balaban J connectivity index is 0.000000748. The van der Waals surface area contributed by atoms with Gasteiger partial charge in [-0.3, -0.25) is 10.1 Å². The highest BCUT2D eigenvalue weighted by atomic mass is 32.1. The number of aromatic nitrogens is 2. The molecule has 2 aliphatic rings. The lowest BCUT2D eigenvalue weighted by atomic mass is 9.90. The summed E-state index contributed by atoms with van der Waals surface area (Å²) in [6.45, 7) is 25.1. The molecule has 2 aliphatic heterocycles. The highest BCUT2D eigenvalue weighted by Gasteiger charge is 2.34. The van der Waals surface area contributed by atoms with Crippen LogP contribution in [0.2, 0.25) is 0 Å². The predicted molar refractivity (Wildman–Crippen MR) is 234 cm³/mol. The number of aromatic hydroxyl groups is 1. The van der Waals surface area contributed by atoms with E-state index in [1.807, 2.05) is 6.92 Å². The first-order chi connectivity index (χ1) is 27.4. The maximum atomic E-state index is 15.5. The molecule has 2 aromatic heterocycles. The van der Waals surface area contributed by atoms with Gasteiger partial charge in [0.1, 0.15) is 39.6 Å². The van der Waals surface area contributed by atoms with Crippen LogP contribution in [0.3, 0.4) is 0 Å². The number of nitrogens with zero attached hydrogens (tertiary/aromatic N) is 4. The van der Waals surface area contributed by atoms with Gasteiger partial charge in [0.2, 0.25) is 5.95 Å². The van der Waals surface area contributed by atoms with Gasteiger partial charge in [0.15, 0.2) is 5.78 Å². The third kappa shape index (κ3) is 10.4. The van der Waals surface area contributed by atoms with E-state index in [9.17, 15) is 20.0 Å². The Morgan fingerprint density at radius 3 is 2.28 bits per heavy atom. The van der Waals surface area contributed by atoms with Crippen molar-refractivity contribution in [1.29, 1.82) is 5.26 Å². The van der Waals surface area contributed by atoms with Crippen LogP contribution < -0.4 is 15.5 Å². The normalized spacial score (nSPS) is 16.6. The summed E-state index contributed by atoms with van der Waals surface area (Å²) in [5, 5.41) is 29.6. The molecular weight excluding hydrogens is 756 g/mol. The number of nitriles is 1. The number of hydrogen-bond donors (Lipinski definition) is 3. The van der Waals surface area contributed by atoms with Gasteiger partial charge >= 0.3 is 6.09 Å². The number of Topliss-reactive ketones (excluding diaryl/α,β-unsaturated/α-hetero) is 1. The van der Waals surface area contributed by atoms with E-state index in [1.54, 1.807) is 27.7 Å². The Kier molecular flexibility index (Phi) is 15.9. The summed E-state index contributed by atoms with van der Waals surface area (Å²) in [6, 6.07) is 4.60. The average molecular weight is 819 g/mol. The Morgan fingerprint density at radius 2 is 1.74 bits per heavy atom. The molecule has 0 aliphatic carbocycles. The summed E-state index contributed by atoms with van der Waals surface area (Å²) in [7, 11) is 0. The monoisotopic (exact) mass is 818 g/mol. The van der Waals surface area contributed by atoms with Crippen LogP contribution in [0.15, 0.2) is 12.1 Å². The first-order valence-electron chi connectivity index (χ1n) is 20.8. The molecule has 3 atom stereocenters. The van der Waals surface area contributed by atoms with E-state index in [-0.39, 0.29) is 57.0 Å². The number of nitrogens with one attached hydrogen (secondary N) is 2. The molecule has 58 heavy (non-hydrogen) atoms. The van der Waals surface area contributed by atoms with E-state index in [4.69, 9.17) is 19.4 Å². The number of carbonyl (C=O) groups excluding carboxylic acids is 2. The third-order valence-electron chi connectivity index (χ3n) is 10.7. The van der Waals surface area contributed by atoms with E-state index in [0.717, 1.165) is 42.2 Å². The van der Waals surface area contributed by atoms with Gasteiger partial charge in [-0.1, -0.05) is 80.2 Å². The minimum absolute atomic E-state index is 0.0296. The van der Waals surface area contributed by atoms with Crippen LogP contribution in [0.5, 0.6) is 5.75 Å². The smallest absolute Gasteiger partial charge is 0.412 e. The second-order valence-corrected chi connectivity index (χ2v) is 17.7. The van der Waals surface area contributed by atoms with Crippen molar-refractivity contribution in [3.63, 3.8) is 0 Å². The van der Waals surface area contributed by atoms with Crippen LogP contribution in [-0.4, -0.2) is 51.2 Å². The molecule has 11 nitrogen and oxygen atoms in total. The lowest BCUT2D eigenvalue weighted by Crippen LogP contribution is -2.32. The van der Waals surface area contributed by atoms with E-state index in [1.165, 1.54) is 31.4 Å². The second-order valence-electron chi connectivity index (χ2n) is 16.7. The van der Waals surface area contributed by atoms with Crippen LogP contribution in [0, 0.1) is 29.0 Å². The van der Waals surface area contributed by atoms with Gasteiger partial charge in [0.25, 0.3) is 0 Å². The fourth-order valence-corrected chi connectivity index (χ4v) is 7.81. The average Bonchev–Trinajstić information content (AvgIpc) is 3.89. The molecule has 1 amide bonds. The summed E-state index contributed by atoms with van der Waals surface area (Å²) < 4.78 is 27.0. The van der Waals surface area contributed by atoms with Gasteiger partial charge < -0.3 is 24.8 Å². The Labute approximate surface area is 347 Å². The summed E-state index contributed by atoms with van der Waals surface area (Å²) in [6.07, 6.45) is 5.49. The highest BCUT2D eigenvalue weighted by molar-refractivity contribution is 7.23. The second kappa shape index (κ2) is 19.9. The number of halogens is 1. The molecule has 1 saturated heterocycles. The fraction of sp³-hybridized carbons (Fsp3) is 0.578. The number of ketones is 1. The van der Waals surface area contributed by atoms with Crippen molar-refractivity contribution in [2.75, 3.05) is 22.1 Å². The fourth-order valence-electron chi connectivity index (χ4n) is 6.74. The lowest BCUT2D eigenvalue weighted by Gasteiger charge is -2.26. The first kappa shape index (κ1) is 46.2. The summed E-state index contributed by atoms with van der Waals surface area (Å²) >= 11 is 0.921. The van der Waals surface area contributed by atoms with Crippen molar-refractivity contribution in [2.45, 2.75) is 153 Å². The number of benzene rings is 2. The molecule has 0 spiro atoms. The molecule has 0 bridgehead atoms. The standard InChI is InChI=1S/C36H41FN6O5S.C5H12.C4H10/c1-8-9-25(19(4)44)39-32-28-23-16-47-15-22(23)26(30(45)29(28)40-34(41-32)43-13-12-17(2)18(43)3)20-10-11-24(37)31-27(20)21(14-38)33(49-31)42-35(46)48-36(5,6)7;1-4-5(2)3;1-3-4-2/h10-11,17-18,25,45H,8-9,12-13,15-16H2,1-7H3,(H,42,46)(H,39,40,41);5H,4H2,1-3H3;3-4H2,1-2H3. The van der Waals surface area contributed by atoms with Crippen molar-refractivity contribution < 1.29 is 28.6 Å². The highest BCUT2D eigenvalue weighted by Crippen LogP contribution is 2.51. The molecule has 4 aromatic rings. The van der Waals surface area contributed by atoms with Crippen LogP contribution in [-0.2, 0) is 27.5 Å². The zero-order valence-corrected chi connectivity index (χ0v) is 37.3. The van der Waals surface area contributed by atoms with Crippen molar-refractivity contribution in [3.05, 3.63) is 34.6 Å². The lowest BCUT2D eigenvalue weighted by molar-refractivity contribution is -0.117. The van der Waals surface area contributed by atoms with Crippen LogP contribution in [0.4, 0.5) is 26.0 Å². The Bertz CT molecular complexity index is 2140. The number of fused-ring (bicyclic) bond motifs is 4. The number of amides is 1. The zero-order chi connectivity index (χ0) is 43.1. The van der Waals surface area contributed by atoms with Crippen LogP contribution in [0.25, 0.3) is 32.1 Å². The minimum atomic E-state index is -0.790. The van der Waals surface area contributed by atoms with Gasteiger partial charge in [-0.15, -0.1) is 11.3 Å². The van der Waals surface area contributed by atoms with Crippen molar-refractivity contribution in [2.24, 2.45) is 11.8 Å². The SMILES string of the molecule is CCC(C)C.CCCC.CCCC(Nc1nc(N2CCC(C)C2C)nc2c(O)c(-c3ccc(F)c4sc(NC(=O)OC(C)(C)C)c(C#N)c34)c3c(c12)COC3)C(C)=O. The molecule has 3 unspecified atom stereocenters. The summed E-state index contributed by atoms with van der Waals surface area (Å²) in [4.78, 5) is 37.5. The zero-order valence-electron chi connectivity index (χ0n) is 36.5. The predicted octanol–water partition coefficient (Wildman–Crippen LogP) is 11.9. The molecule has 6 rings (SSSR count). The first-order valence-corrected chi connectivity index (χ1v) is 21.6. The number of phenols is 1. The topological polar surface area (TPSA) is 150 Å². The number of hydrogen-bond acceptors (Lipinski definition) is 11. The van der Waals surface area contributed by atoms with E-state index in [2.05, 4.69) is 70.1 Å². The number of rotatable bonds is 10. The van der Waals surface area contributed by atoms with Crippen molar-refractivity contribution in [1.82, 2.24) is 9.97 Å². The van der Waals surface area contributed by atoms with E-state index >= 15 is 4.39 Å². The molecule has 0 radical (unpaired) electrons. The number of unbranched alkanes of at least 4 members (excludes halogenated alkanes) is 1. The molecule has 2 aromatic carbocycles. The molecule has 1 fully saturated rings. The number of thiophene rings is 1. The summed E-state index contributed by atoms with van der Waals surface area (Å²) in [5.74, 6) is 1.36. The summed E-state index contributed by atoms with van der Waals surface area (Å²) in [5.41, 5.74) is 1.65. The van der Waals surface area contributed by atoms with Crippen molar-refractivity contribution in [3.8, 4) is 22.9 Å². The van der Waals surface area contributed by atoms with Gasteiger partial charge in [-0.2, -0.15) is 10.2 Å². The largest absolute Gasteiger partial charge is 0.505 e. The van der Waals surface area contributed by atoms with Gasteiger partial charge in [0.05, 0.1) is 34.9 Å². The number of carbonyl (C=O) groups is 2. The van der Waals surface area contributed by atoms with Crippen LogP contribution in [0.1, 0.15) is 138 Å². The molecule has 316 valence electrons. The minimum Gasteiger partial charge on any atom is -0.505 e. The maximum Gasteiger partial charge on any atom is 0.412 e. The molecule has 4 heterocycles. The molecule has 13 heteroatoms. The van der Waals surface area contributed by atoms with Gasteiger partial charge in [-0.05, 0) is 82.1 Å². The van der Waals surface area contributed by atoms with Crippen LogP contribution >= 0.6 is 11.3 Å². The van der Waals surface area contributed by atoms with E-state index in [0.29, 0.717) is 46.2 Å². The maximum absolute atomic E-state index is 15.5. The number of anilines is 3. The number of ether oxygens (including phenoxy) is 2. The Morgan fingerprint density at radius 1 is 1.09 bits per heavy atom. The van der Waals surface area contributed by atoms with E-state index < -0.39 is 23.6 Å². The molecule has 0 saturated carbocycles. The van der Waals surface area contributed by atoms with Gasteiger partial charge in [0, 0.05) is 23.5 Å². The van der Waals surface area contributed by atoms with Gasteiger partial charge in [-0.25, -0.2) is 14.2 Å². The molecular formula is C45H63FN6O5S. The quantitative estimate of drug-likeness (QED) is 0.141.